The van der Waals surface area contributed by atoms with Crippen LogP contribution >= 0.6 is 23.2 Å². The quantitative estimate of drug-likeness (QED) is 0.877. The highest BCUT2D eigenvalue weighted by molar-refractivity contribution is 6.44. The van der Waals surface area contributed by atoms with Gasteiger partial charge in [-0.1, -0.05) is 29.3 Å². The molecule has 116 valence electrons. The first-order chi connectivity index (χ1) is 10.5. The molecular weight excluding hydrogens is 325 g/mol. The van der Waals surface area contributed by atoms with Crippen LogP contribution in [0.25, 0.3) is 0 Å². The van der Waals surface area contributed by atoms with E-state index in [1.54, 1.807) is 56.5 Å². The smallest absolute Gasteiger partial charge is 0.265 e. The van der Waals surface area contributed by atoms with Crippen LogP contribution in [0, 0.1) is 0 Å². The van der Waals surface area contributed by atoms with Gasteiger partial charge >= 0.3 is 0 Å². The number of anilines is 1. The first-order valence-corrected chi connectivity index (χ1v) is 7.32. The van der Waals surface area contributed by atoms with Crippen LogP contribution < -0.4 is 14.8 Å². The van der Waals surface area contributed by atoms with E-state index in [-0.39, 0.29) is 5.91 Å². The molecule has 1 amide bonds. The number of carbonyl (C=O) groups excluding carboxylic acids is 1. The van der Waals surface area contributed by atoms with E-state index in [9.17, 15) is 4.79 Å². The molecule has 0 radical (unpaired) electrons. The molecule has 0 spiro atoms. The second-order valence-electron chi connectivity index (χ2n) is 4.53. The van der Waals surface area contributed by atoms with Gasteiger partial charge in [-0.15, -0.1) is 0 Å². The maximum atomic E-state index is 12.1. The van der Waals surface area contributed by atoms with Crippen molar-refractivity contribution >= 4 is 34.8 Å². The summed E-state index contributed by atoms with van der Waals surface area (Å²) in [7, 11) is 1.58. The first-order valence-electron chi connectivity index (χ1n) is 6.57. The molecule has 0 saturated carbocycles. The van der Waals surface area contributed by atoms with Gasteiger partial charge in [0.2, 0.25) is 0 Å². The van der Waals surface area contributed by atoms with Gasteiger partial charge in [-0.05, 0) is 43.3 Å². The zero-order chi connectivity index (χ0) is 16.1. The van der Waals surface area contributed by atoms with Crippen molar-refractivity contribution in [1.29, 1.82) is 0 Å². The molecule has 2 aromatic rings. The third-order valence-electron chi connectivity index (χ3n) is 2.95. The first kappa shape index (κ1) is 16.5. The minimum absolute atomic E-state index is 0.300. The molecule has 0 bridgehead atoms. The summed E-state index contributed by atoms with van der Waals surface area (Å²) in [6, 6.07) is 12.0. The van der Waals surface area contributed by atoms with Crippen LogP contribution in [0.2, 0.25) is 10.0 Å². The number of halogens is 2. The van der Waals surface area contributed by atoms with E-state index in [2.05, 4.69) is 5.32 Å². The van der Waals surface area contributed by atoms with E-state index >= 15 is 0 Å². The fourth-order valence-corrected chi connectivity index (χ4v) is 2.09. The van der Waals surface area contributed by atoms with Crippen molar-refractivity contribution in [3.05, 3.63) is 52.5 Å². The number of hydrogen-bond donors (Lipinski definition) is 1. The average Bonchev–Trinajstić information content (AvgIpc) is 2.52. The predicted molar refractivity (Wildman–Crippen MR) is 88.2 cm³/mol. The van der Waals surface area contributed by atoms with Crippen LogP contribution in [0.3, 0.4) is 0 Å². The lowest BCUT2D eigenvalue weighted by Crippen LogP contribution is -2.30. The number of rotatable bonds is 5. The van der Waals surface area contributed by atoms with Crippen LogP contribution in [0.15, 0.2) is 42.5 Å². The number of benzene rings is 2. The van der Waals surface area contributed by atoms with Gasteiger partial charge in [-0.3, -0.25) is 4.79 Å². The number of methoxy groups -OCH3 is 1. The average molecular weight is 340 g/mol. The van der Waals surface area contributed by atoms with Crippen molar-refractivity contribution in [2.24, 2.45) is 0 Å². The molecule has 0 saturated heterocycles. The number of nitrogens with one attached hydrogen (secondary N) is 1. The number of amides is 1. The standard InChI is InChI=1S/C16H15Cl2NO3/c1-10(22-12-8-6-11(21-2)7-9-12)16(20)19-14-5-3-4-13(17)15(14)18/h3-10H,1-2H3,(H,19,20)/t10-/m0/s1. The van der Waals surface area contributed by atoms with E-state index in [1.807, 2.05) is 0 Å². The highest BCUT2D eigenvalue weighted by Gasteiger charge is 2.16. The van der Waals surface area contributed by atoms with Crippen molar-refractivity contribution in [3.8, 4) is 11.5 Å². The third kappa shape index (κ3) is 4.06. The largest absolute Gasteiger partial charge is 0.497 e. The van der Waals surface area contributed by atoms with Crippen molar-refractivity contribution in [1.82, 2.24) is 0 Å². The Morgan fingerprint density at radius 3 is 2.36 bits per heavy atom. The fraction of sp³-hybridized carbons (Fsp3) is 0.188. The maximum absolute atomic E-state index is 12.1. The molecule has 1 atom stereocenters. The minimum atomic E-state index is -0.691. The summed E-state index contributed by atoms with van der Waals surface area (Å²) in [5, 5.41) is 3.37. The van der Waals surface area contributed by atoms with E-state index in [4.69, 9.17) is 32.7 Å². The summed E-state index contributed by atoms with van der Waals surface area (Å²) in [6.45, 7) is 1.65. The monoisotopic (exact) mass is 339 g/mol. The number of ether oxygens (including phenoxy) is 2. The molecule has 0 aliphatic carbocycles. The van der Waals surface area contributed by atoms with Crippen molar-refractivity contribution in [2.75, 3.05) is 12.4 Å². The van der Waals surface area contributed by atoms with Gasteiger partial charge in [0.25, 0.3) is 5.91 Å². The van der Waals surface area contributed by atoms with Gasteiger partial charge in [0.15, 0.2) is 6.10 Å². The highest BCUT2D eigenvalue weighted by Crippen LogP contribution is 2.29. The Labute approximate surface area is 138 Å². The second kappa shape index (κ2) is 7.38. The molecule has 2 rings (SSSR count). The predicted octanol–water partition coefficient (Wildman–Crippen LogP) is 4.41. The Morgan fingerprint density at radius 1 is 1.09 bits per heavy atom. The molecule has 2 aromatic carbocycles. The molecular formula is C16H15Cl2NO3. The zero-order valence-corrected chi connectivity index (χ0v) is 13.6. The van der Waals surface area contributed by atoms with Gasteiger partial charge in [-0.2, -0.15) is 0 Å². The SMILES string of the molecule is COc1ccc(O[C@@H](C)C(=O)Nc2cccc(Cl)c2Cl)cc1. The van der Waals surface area contributed by atoms with E-state index in [0.29, 0.717) is 21.5 Å². The van der Waals surface area contributed by atoms with E-state index in [1.165, 1.54) is 0 Å². The number of hydrogen-bond acceptors (Lipinski definition) is 3. The summed E-state index contributed by atoms with van der Waals surface area (Å²) in [6.07, 6.45) is -0.691. The van der Waals surface area contributed by atoms with Crippen LogP contribution in [0.4, 0.5) is 5.69 Å². The highest BCUT2D eigenvalue weighted by atomic mass is 35.5. The molecule has 0 aliphatic heterocycles. The lowest BCUT2D eigenvalue weighted by atomic mass is 10.3. The topological polar surface area (TPSA) is 47.6 Å². The maximum Gasteiger partial charge on any atom is 0.265 e. The summed E-state index contributed by atoms with van der Waals surface area (Å²) >= 11 is 11.9. The molecule has 22 heavy (non-hydrogen) atoms. The zero-order valence-electron chi connectivity index (χ0n) is 12.1. The lowest BCUT2D eigenvalue weighted by molar-refractivity contribution is -0.122. The summed E-state index contributed by atoms with van der Waals surface area (Å²) < 4.78 is 10.6. The van der Waals surface area contributed by atoms with Gasteiger partial charge in [-0.25, -0.2) is 0 Å². The number of carbonyl (C=O) groups is 1. The molecule has 0 aromatic heterocycles. The van der Waals surface area contributed by atoms with Crippen molar-refractivity contribution in [2.45, 2.75) is 13.0 Å². The molecule has 1 N–H and O–H groups in total. The molecule has 0 unspecified atom stereocenters. The molecule has 0 aliphatic rings. The van der Waals surface area contributed by atoms with Crippen LogP contribution in [-0.4, -0.2) is 19.1 Å². The molecule has 0 fully saturated rings. The van der Waals surface area contributed by atoms with Crippen LogP contribution in [0.1, 0.15) is 6.92 Å². The summed E-state index contributed by atoms with van der Waals surface area (Å²) in [4.78, 5) is 12.1. The van der Waals surface area contributed by atoms with Crippen molar-refractivity contribution in [3.63, 3.8) is 0 Å². The van der Waals surface area contributed by atoms with Crippen LogP contribution in [-0.2, 0) is 4.79 Å². The van der Waals surface area contributed by atoms with Gasteiger partial charge < -0.3 is 14.8 Å². The van der Waals surface area contributed by atoms with Gasteiger partial charge in [0.1, 0.15) is 11.5 Å². The molecule has 0 heterocycles. The lowest BCUT2D eigenvalue weighted by Gasteiger charge is -2.15. The molecule has 4 nitrogen and oxygen atoms in total. The third-order valence-corrected chi connectivity index (χ3v) is 3.77. The van der Waals surface area contributed by atoms with Crippen molar-refractivity contribution < 1.29 is 14.3 Å². The Hall–Kier alpha value is -1.91. The Kier molecular flexibility index (Phi) is 5.52. The van der Waals surface area contributed by atoms with Gasteiger partial charge in [0, 0.05) is 0 Å². The minimum Gasteiger partial charge on any atom is -0.497 e. The normalized spacial score (nSPS) is 11.6. The van der Waals surface area contributed by atoms with E-state index < -0.39 is 6.10 Å². The van der Waals surface area contributed by atoms with E-state index in [0.717, 1.165) is 5.75 Å². The van der Waals surface area contributed by atoms with Crippen LogP contribution in [0.5, 0.6) is 11.5 Å². The molecule has 6 heteroatoms. The fourth-order valence-electron chi connectivity index (χ4n) is 1.75. The Morgan fingerprint density at radius 2 is 1.73 bits per heavy atom. The second-order valence-corrected chi connectivity index (χ2v) is 5.31. The summed E-state index contributed by atoms with van der Waals surface area (Å²) in [5.74, 6) is 0.968. The summed E-state index contributed by atoms with van der Waals surface area (Å²) in [5.41, 5.74) is 0.448. The Bertz CT molecular complexity index is 659. The van der Waals surface area contributed by atoms with Gasteiger partial charge in [0.05, 0.1) is 22.8 Å². The Balaban J connectivity index is 2.01.